The lowest BCUT2D eigenvalue weighted by atomic mass is 10.1. The molecule has 0 unspecified atom stereocenters. The number of rotatable bonds is 4. The van der Waals surface area contributed by atoms with Crippen LogP contribution in [0.3, 0.4) is 0 Å². The van der Waals surface area contributed by atoms with Crippen LogP contribution in [0, 0.1) is 18.3 Å². The molecular weight excluding hydrogens is 348 g/mol. The van der Waals surface area contributed by atoms with Crippen molar-refractivity contribution in [1.82, 2.24) is 25.6 Å². The molecule has 8 heteroatoms. The fourth-order valence-corrected chi connectivity index (χ4v) is 2.81. The number of nitrogens with one attached hydrogen (secondary N) is 3. The summed E-state index contributed by atoms with van der Waals surface area (Å²) in [4.78, 5) is 17.4. The second kappa shape index (κ2) is 7.21. The van der Waals surface area contributed by atoms with Gasteiger partial charge in [0.2, 0.25) is 0 Å². The average Bonchev–Trinajstić information content (AvgIpc) is 3.02. The smallest absolute Gasteiger partial charge is 0.265 e. The van der Waals surface area contributed by atoms with Gasteiger partial charge in [-0.15, -0.1) is 6.58 Å². The van der Waals surface area contributed by atoms with Gasteiger partial charge in [0.25, 0.3) is 5.56 Å². The third kappa shape index (κ3) is 2.96. The first-order valence-corrected chi connectivity index (χ1v) is 8.23. The molecule has 0 amide bonds. The van der Waals surface area contributed by atoms with Crippen LogP contribution in [0.5, 0.6) is 0 Å². The first-order chi connectivity index (χ1) is 12.6. The van der Waals surface area contributed by atoms with Gasteiger partial charge in [-0.25, -0.2) is 4.98 Å². The minimum Gasteiger partial charge on any atom is -0.358 e. The maximum absolute atomic E-state index is 13.0. The third-order valence-corrected chi connectivity index (χ3v) is 4.16. The zero-order valence-corrected chi connectivity index (χ0v) is 14.9. The summed E-state index contributed by atoms with van der Waals surface area (Å²) in [5.74, 6) is 0. The fourth-order valence-electron chi connectivity index (χ4n) is 2.67. The summed E-state index contributed by atoms with van der Waals surface area (Å²) in [5.41, 5.74) is 7.90. The molecule has 0 saturated carbocycles. The van der Waals surface area contributed by atoms with Crippen molar-refractivity contribution >= 4 is 40.2 Å². The fraction of sp³-hybridized carbons (Fsp3) is 0.111. The average molecular weight is 364 g/mol. The van der Waals surface area contributed by atoms with Crippen LogP contribution in [0.1, 0.15) is 11.1 Å². The number of hydrogen-bond acceptors (Lipinski definition) is 5. The second-order valence-electron chi connectivity index (χ2n) is 5.50. The summed E-state index contributed by atoms with van der Waals surface area (Å²) in [6.45, 7) is 5.83. The van der Waals surface area contributed by atoms with Gasteiger partial charge in [0.05, 0.1) is 21.8 Å². The van der Waals surface area contributed by atoms with Gasteiger partial charge in [0.1, 0.15) is 6.07 Å². The number of imidazole rings is 1. The highest BCUT2D eigenvalue weighted by Crippen LogP contribution is 2.17. The van der Waals surface area contributed by atoms with Gasteiger partial charge in [0, 0.05) is 12.7 Å². The molecule has 3 rings (SSSR count). The largest absolute Gasteiger partial charge is 0.358 e. The Labute approximate surface area is 154 Å². The lowest BCUT2D eigenvalue weighted by molar-refractivity contribution is 0.826. The van der Waals surface area contributed by atoms with E-state index in [1.54, 1.807) is 19.1 Å². The Morgan fingerprint density at radius 1 is 1.46 bits per heavy atom. The van der Waals surface area contributed by atoms with E-state index in [0.29, 0.717) is 44.7 Å². The van der Waals surface area contributed by atoms with Gasteiger partial charge in [-0.05, 0) is 36.8 Å². The van der Waals surface area contributed by atoms with Gasteiger partial charge in [-0.3, -0.25) is 14.6 Å². The molecule has 2 heterocycles. The van der Waals surface area contributed by atoms with E-state index in [2.05, 4.69) is 33.8 Å². The molecule has 2 aromatic heterocycles. The van der Waals surface area contributed by atoms with Crippen LogP contribution in [0.15, 0.2) is 41.7 Å². The molecule has 0 aliphatic rings. The molecule has 0 radical (unpaired) electrons. The number of aromatic nitrogens is 2. The number of hydrazine groups is 1. The summed E-state index contributed by atoms with van der Waals surface area (Å²) in [5, 5.41) is 13.2. The number of hydrogen-bond donors (Lipinski definition) is 3. The maximum atomic E-state index is 13.0. The van der Waals surface area contributed by atoms with Crippen LogP contribution in [-0.2, 0) is 0 Å². The molecular formula is C18H16N6OS. The van der Waals surface area contributed by atoms with E-state index in [9.17, 15) is 10.1 Å². The topological polar surface area (TPSA) is 94.2 Å². The van der Waals surface area contributed by atoms with Crippen molar-refractivity contribution in [2.75, 3.05) is 6.54 Å². The Bertz CT molecular complexity index is 1170. The normalized spacial score (nSPS) is 11.3. The molecule has 26 heavy (non-hydrogen) atoms. The van der Waals surface area contributed by atoms with Crippen LogP contribution in [0.4, 0.5) is 0 Å². The molecule has 7 nitrogen and oxygen atoms in total. The van der Waals surface area contributed by atoms with Crippen molar-refractivity contribution in [1.29, 1.82) is 5.26 Å². The number of fused-ring (bicyclic) bond motifs is 3. The van der Waals surface area contributed by atoms with Gasteiger partial charge in [0.15, 0.2) is 10.8 Å². The van der Waals surface area contributed by atoms with E-state index in [4.69, 9.17) is 12.2 Å². The van der Waals surface area contributed by atoms with Gasteiger partial charge >= 0.3 is 0 Å². The van der Waals surface area contributed by atoms with Crippen LogP contribution < -0.4 is 26.9 Å². The minimum absolute atomic E-state index is 0.260. The molecule has 0 aliphatic carbocycles. The quantitative estimate of drug-likeness (QED) is 0.355. The van der Waals surface area contributed by atoms with Crippen LogP contribution in [0.25, 0.3) is 22.9 Å². The number of pyridine rings is 1. The van der Waals surface area contributed by atoms with Gasteiger partial charge in [-0.2, -0.15) is 5.26 Å². The Morgan fingerprint density at radius 2 is 2.23 bits per heavy atom. The molecule has 0 saturated heterocycles. The summed E-state index contributed by atoms with van der Waals surface area (Å²) in [6, 6.07) is 9.44. The zero-order chi connectivity index (χ0) is 18.7. The number of nitrogens with zero attached hydrogens (tertiary/aromatic N) is 3. The second-order valence-corrected chi connectivity index (χ2v) is 5.91. The van der Waals surface area contributed by atoms with E-state index >= 15 is 0 Å². The monoisotopic (exact) mass is 364 g/mol. The van der Waals surface area contributed by atoms with Crippen molar-refractivity contribution in [3.63, 3.8) is 0 Å². The summed E-state index contributed by atoms with van der Waals surface area (Å²) < 4.78 is 1.46. The SMILES string of the molecule is C=CCNC(=S)NNC=c1c(C)c(C#N)c2nc3ccccc3n2c1=O. The first-order valence-electron chi connectivity index (χ1n) is 7.82. The summed E-state index contributed by atoms with van der Waals surface area (Å²) in [6.07, 6.45) is 3.17. The van der Waals surface area contributed by atoms with E-state index in [1.165, 1.54) is 10.6 Å². The van der Waals surface area contributed by atoms with Crippen molar-refractivity contribution in [2.24, 2.45) is 0 Å². The minimum atomic E-state index is -0.260. The summed E-state index contributed by atoms with van der Waals surface area (Å²) in [7, 11) is 0. The van der Waals surface area contributed by atoms with E-state index in [1.807, 2.05) is 18.2 Å². The predicted octanol–water partition coefficient (Wildman–Crippen LogP) is 0.639. The van der Waals surface area contributed by atoms with Crippen molar-refractivity contribution in [3.8, 4) is 6.07 Å². The van der Waals surface area contributed by atoms with Crippen LogP contribution in [-0.4, -0.2) is 21.0 Å². The molecule has 0 atom stereocenters. The van der Waals surface area contributed by atoms with Crippen LogP contribution in [0.2, 0.25) is 0 Å². The lowest BCUT2D eigenvalue weighted by Gasteiger charge is -2.08. The predicted molar refractivity (Wildman–Crippen MR) is 105 cm³/mol. The lowest BCUT2D eigenvalue weighted by Crippen LogP contribution is -2.44. The Hall–Kier alpha value is -3.44. The Morgan fingerprint density at radius 3 is 2.96 bits per heavy atom. The molecule has 0 bridgehead atoms. The highest BCUT2D eigenvalue weighted by molar-refractivity contribution is 7.80. The van der Waals surface area contributed by atoms with Crippen LogP contribution >= 0.6 is 12.2 Å². The molecule has 130 valence electrons. The maximum Gasteiger partial charge on any atom is 0.265 e. The van der Waals surface area contributed by atoms with Crippen molar-refractivity contribution in [3.05, 3.63) is 63.6 Å². The van der Waals surface area contributed by atoms with E-state index < -0.39 is 0 Å². The van der Waals surface area contributed by atoms with Gasteiger partial charge < -0.3 is 10.7 Å². The molecule has 0 aliphatic heterocycles. The zero-order valence-electron chi connectivity index (χ0n) is 14.0. The molecule has 1 aromatic carbocycles. The molecule has 3 N–H and O–H groups in total. The number of thiocarbonyl (C=S) groups is 1. The van der Waals surface area contributed by atoms with E-state index in [0.717, 1.165) is 0 Å². The molecule has 0 spiro atoms. The highest BCUT2D eigenvalue weighted by atomic mass is 32.1. The van der Waals surface area contributed by atoms with E-state index in [-0.39, 0.29) is 5.56 Å². The molecule has 0 fully saturated rings. The Kier molecular flexibility index (Phi) is 4.82. The summed E-state index contributed by atoms with van der Waals surface area (Å²) >= 11 is 5.08. The Balaban J connectivity index is 2.14. The highest BCUT2D eigenvalue weighted by Gasteiger charge is 2.15. The molecule has 3 aromatic rings. The number of nitriles is 1. The third-order valence-electron chi connectivity index (χ3n) is 3.92. The first kappa shape index (κ1) is 17.4. The van der Waals surface area contributed by atoms with Crippen molar-refractivity contribution < 1.29 is 0 Å². The van der Waals surface area contributed by atoms with Crippen molar-refractivity contribution in [2.45, 2.75) is 6.92 Å². The standard InChI is InChI=1S/C18H16N6OS/c1-3-8-20-18(26)23-21-10-13-11(2)12(9-19)16-22-14-6-4-5-7-15(14)24(16)17(13)25/h3-7,10,21H,1,8H2,2H3,(H2,20,23,26). The number of benzene rings is 1. The van der Waals surface area contributed by atoms with Gasteiger partial charge in [-0.1, -0.05) is 18.2 Å². The number of para-hydroxylation sites is 2.